The molecule has 4 aliphatic rings. The number of ketones is 1. The van der Waals surface area contributed by atoms with Crippen molar-refractivity contribution in [2.45, 2.75) is 91.1 Å². The average Bonchev–Trinajstić information content (AvgIpc) is 3.03. The summed E-state index contributed by atoms with van der Waals surface area (Å²) in [5, 5.41) is 11.1. The lowest BCUT2D eigenvalue weighted by molar-refractivity contribution is -0.144. The number of esters is 1. The molecular weight excluding hydrogens is 376 g/mol. The molecular formula is C26H38O4. The van der Waals surface area contributed by atoms with Gasteiger partial charge in [0.1, 0.15) is 11.4 Å². The molecule has 0 aliphatic heterocycles. The van der Waals surface area contributed by atoms with Crippen molar-refractivity contribution in [2.75, 3.05) is 6.61 Å². The Bertz CT molecular complexity index is 778. The molecule has 0 amide bonds. The highest BCUT2D eigenvalue weighted by atomic mass is 16.5. The number of hydrogen-bond acceptors (Lipinski definition) is 4. The zero-order valence-corrected chi connectivity index (χ0v) is 19.1. The van der Waals surface area contributed by atoms with Crippen LogP contribution in [0.1, 0.15) is 85.5 Å². The van der Waals surface area contributed by atoms with Gasteiger partial charge in [-0.2, -0.15) is 0 Å². The predicted molar refractivity (Wildman–Crippen MR) is 115 cm³/mol. The second-order valence-electron chi connectivity index (χ2n) is 11.3. The summed E-state index contributed by atoms with van der Waals surface area (Å²) >= 11 is 0. The molecule has 0 aromatic carbocycles. The summed E-state index contributed by atoms with van der Waals surface area (Å²) in [7, 11) is 0. The summed E-state index contributed by atoms with van der Waals surface area (Å²) in [6, 6.07) is 0. The van der Waals surface area contributed by atoms with Crippen molar-refractivity contribution in [1.82, 2.24) is 0 Å². The van der Waals surface area contributed by atoms with E-state index in [2.05, 4.69) is 25.7 Å². The molecule has 4 aliphatic carbocycles. The normalized spacial score (nSPS) is 47.2. The lowest BCUT2D eigenvalue weighted by Gasteiger charge is -2.61. The summed E-state index contributed by atoms with van der Waals surface area (Å²) in [5.74, 6) is 8.84. The molecule has 4 rings (SSSR count). The van der Waals surface area contributed by atoms with Gasteiger partial charge in [0, 0.05) is 12.8 Å². The molecule has 0 saturated heterocycles. The van der Waals surface area contributed by atoms with Crippen LogP contribution in [-0.2, 0) is 14.3 Å². The Morgan fingerprint density at radius 2 is 1.70 bits per heavy atom. The van der Waals surface area contributed by atoms with E-state index in [9.17, 15) is 14.7 Å². The fourth-order valence-electron chi connectivity index (χ4n) is 8.37. The summed E-state index contributed by atoms with van der Waals surface area (Å²) in [6.45, 7) is 8.11. The van der Waals surface area contributed by atoms with Gasteiger partial charge in [-0.05, 0) is 99.2 Å². The first-order valence-electron chi connectivity index (χ1n) is 12.0. The van der Waals surface area contributed by atoms with E-state index in [1.54, 1.807) is 6.92 Å². The minimum atomic E-state index is -0.951. The Balaban J connectivity index is 1.49. The second kappa shape index (κ2) is 7.66. The number of hydrogen-bond donors (Lipinski definition) is 1. The number of fused-ring (bicyclic) bond motifs is 5. The first-order chi connectivity index (χ1) is 14.1. The summed E-state index contributed by atoms with van der Waals surface area (Å²) < 4.78 is 4.90. The van der Waals surface area contributed by atoms with Crippen molar-refractivity contribution in [1.29, 1.82) is 0 Å². The van der Waals surface area contributed by atoms with Crippen molar-refractivity contribution < 1.29 is 19.4 Å². The Labute approximate surface area is 181 Å². The molecule has 0 bridgehead atoms. The maximum atomic E-state index is 12.3. The molecule has 0 heterocycles. The topological polar surface area (TPSA) is 63.6 Å². The maximum absolute atomic E-state index is 12.3. The van der Waals surface area contributed by atoms with Crippen LogP contribution >= 0.6 is 0 Å². The van der Waals surface area contributed by atoms with Crippen molar-refractivity contribution in [3.8, 4) is 11.8 Å². The van der Waals surface area contributed by atoms with Crippen molar-refractivity contribution in [3.63, 3.8) is 0 Å². The fourth-order valence-corrected chi connectivity index (χ4v) is 8.37. The Morgan fingerprint density at radius 3 is 2.40 bits per heavy atom. The maximum Gasteiger partial charge on any atom is 0.303 e. The Hall–Kier alpha value is -1.34. The molecule has 0 aromatic rings. The zero-order chi connectivity index (χ0) is 21.7. The molecule has 166 valence electrons. The van der Waals surface area contributed by atoms with Crippen LogP contribution in [0.25, 0.3) is 0 Å². The van der Waals surface area contributed by atoms with Crippen LogP contribution in [-0.4, -0.2) is 29.1 Å². The van der Waals surface area contributed by atoms with Crippen LogP contribution in [0.3, 0.4) is 0 Å². The highest BCUT2D eigenvalue weighted by molar-refractivity contribution is 5.79. The van der Waals surface area contributed by atoms with E-state index in [0.717, 1.165) is 31.6 Å². The number of ether oxygens (including phenoxy) is 1. The third-order valence-electron chi connectivity index (χ3n) is 9.89. The van der Waals surface area contributed by atoms with E-state index in [0.29, 0.717) is 30.0 Å². The number of carbonyl (C=O) groups is 2. The van der Waals surface area contributed by atoms with Crippen LogP contribution in [0, 0.1) is 52.3 Å². The van der Waals surface area contributed by atoms with E-state index < -0.39 is 5.60 Å². The van der Waals surface area contributed by atoms with E-state index in [4.69, 9.17) is 4.74 Å². The predicted octanol–water partition coefficient (Wildman–Crippen LogP) is 4.53. The fraction of sp³-hybridized carbons (Fsp3) is 0.846. The monoisotopic (exact) mass is 414 g/mol. The van der Waals surface area contributed by atoms with E-state index in [1.807, 2.05) is 0 Å². The number of carbonyl (C=O) groups excluding carboxylic acids is 2. The molecule has 4 nitrogen and oxygen atoms in total. The van der Waals surface area contributed by atoms with Crippen LogP contribution in [0.4, 0.5) is 0 Å². The van der Waals surface area contributed by atoms with Gasteiger partial charge in [0.05, 0.1) is 0 Å². The number of rotatable bonds is 2. The van der Waals surface area contributed by atoms with Gasteiger partial charge in [-0.3, -0.25) is 9.59 Å². The second-order valence-corrected chi connectivity index (χ2v) is 11.3. The third kappa shape index (κ3) is 3.52. The van der Waals surface area contributed by atoms with Crippen LogP contribution in [0.2, 0.25) is 0 Å². The molecule has 4 fully saturated rings. The molecule has 30 heavy (non-hydrogen) atoms. The molecule has 8 atom stereocenters. The lowest BCUT2D eigenvalue weighted by Crippen LogP contribution is -2.56. The highest BCUT2D eigenvalue weighted by Gasteiger charge is 2.61. The standard InChI is InChI=1S/C26H38O4/c1-17(27)21-8-9-22-20-7-6-19-16-26(29,11-5-15-30-18(2)28)14-13-24(19,3)23(20)10-12-25(21,22)4/h19-23,29H,6-10,12-16H2,1-4H3/t19?,20-,21+,22-,23-,24-,25+,26?/m0/s1. The van der Waals surface area contributed by atoms with E-state index in [1.165, 1.54) is 32.6 Å². The van der Waals surface area contributed by atoms with Crippen molar-refractivity contribution >= 4 is 11.8 Å². The third-order valence-corrected chi connectivity index (χ3v) is 9.89. The summed E-state index contributed by atoms with van der Waals surface area (Å²) in [5.41, 5.74) is -0.483. The van der Waals surface area contributed by atoms with Crippen molar-refractivity contribution in [3.05, 3.63) is 0 Å². The molecule has 2 unspecified atom stereocenters. The molecule has 0 spiro atoms. The van der Waals surface area contributed by atoms with Gasteiger partial charge in [0.25, 0.3) is 0 Å². The number of aliphatic hydroxyl groups is 1. The Morgan fingerprint density at radius 1 is 0.967 bits per heavy atom. The van der Waals surface area contributed by atoms with Crippen LogP contribution in [0.5, 0.6) is 0 Å². The van der Waals surface area contributed by atoms with Gasteiger partial charge in [-0.25, -0.2) is 0 Å². The van der Waals surface area contributed by atoms with Gasteiger partial charge in [0.2, 0.25) is 0 Å². The summed E-state index contributed by atoms with van der Waals surface area (Å²) in [4.78, 5) is 23.2. The van der Waals surface area contributed by atoms with E-state index >= 15 is 0 Å². The van der Waals surface area contributed by atoms with Gasteiger partial charge < -0.3 is 9.84 Å². The van der Waals surface area contributed by atoms with Gasteiger partial charge in [0.15, 0.2) is 6.61 Å². The average molecular weight is 415 g/mol. The smallest absolute Gasteiger partial charge is 0.303 e. The first-order valence-corrected chi connectivity index (χ1v) is 12.0. The molecule has 1 N–H and O–H groups in total. The van der Waals surface area contributed by atoms with Crippen LogP contribution < -0.4 is 0 Å². The van der Waals surface area contributed by atoms with Crippen molar-refractivity contribution in [2.24, 2.45) is 40.4 Å². The molecule has 4 heteroatoms. The summed E-state index contributed by atoms with van der Waals surface area (Å²) in [6.07, 6.45) is 9.54. The lowest BCUT2D eigenvalue weighted by atomic mass is 9.44. The minimum absolute atomic E-state index is 0.0574. The van der Waals surface area contributed by atoms with Gasteiger partial charge in [-0.15, -0.1) is 0 Å². The van der Waals surface area contributed by atoms with Gasteiger partial charge in [-0.1, -0.05) is 25.7 Å². The SMILES string of the molecule is CC(=O)OCC#CC1(O)CC[C@@]2(C)C(CC[C@H]3[C@@H]4CC[C@H](C(C)=O)[C@@]4(C)CC[C@@H]32)C1. The first kappa shape index (κ1) is 21.9. The highest BCUT2D eigenvalue weighted by Crippen LogP contribution is 2.68. The van der Waals surface area contributed by atoms with E-state index in [-0.39, 0.29) is 29.3 Å². The van der Waals surface area contributed by atoms with Gasteiger partial charge >= 0.3 is 5.97 Å². The number of Topliss-reactive ketones (excluding diaryl/α,β-unsaturated/α-hetero) is 1. The Kier molecular flexibility index (Phi) is 5.59. The molecule has 0 radical (unpaired) electrons. The zero-order valence-electron chi connectivity index (χ0n) is 19.1. The minimum Gasteiger partial charge on any atom is -0.453 e. The van der Waals surface area contributed by atoms with Crippen LogP contribution in [0.15, 0.2) is 0 Å². The quantitative estimate of drug-likeness (QED) is 0.533. The largest absolute Gasteiger partial charge is 0.453 e. The molecule has 4 saturated carbocycles. The molecule has 0 aromatic heterocycles.